The topological polar surface area (TPSA) is 44.9 Å². The van der Waals surface area contributed by atoms with Crippen LogP contribution in [0.4, 0.5) is 0 Å². The van der Waals surface area contributed by atoms with E-state index in [1.54, 1.807) is 0 Å². The van der Waals surface area contributed by atoms with Crippen LogP contribution in [0.25, 0.3) is 0 Å². The lowest BCUT2D eigenvalue weighted by atomic mass is 10.2. The van der Waals surface area contributed by atoms with Crippen molar-refractivity contribution in [1.82, 2.24) is 10.3 Å². The molecule has 0 saturated heterocycles. The second-order valence-electron chi connectivity index (χ2n) is 5.08. The van der Waals surface area contributed by atoms with Gasteiger partial charge in [0.2, 0.25) is 5.91 Å². The minimum Gasteiger partial charge on any atom is -0.365 e. The second kappa shape index (κ2) is 3.96. The highest BCUT2D eigenvalue weighted by atomic mass is 16.2. The van der Waals surface area contributed by atoms with Gasteiger partial charge in [-0.2, -0.15) is 0 Å². The highest BCUT2D eigenvalue weighted by molar-refractivity contribution is 5.81. The summed E-state index contributed by atoms with van der Waals surface area (Å²) in [5, 5.41) is 3.04. The van der Waals surface area contributed by atoms with E-state index in [0.29, 0.717) is 5.92 Å². The number of amides is 1. The molecule has 0 bridgehead atoms. The predicted octanol–water partition coefficient (Wildman–Crippen LogP) is 1.72. The van der Waals surface area contributed by atoms with Gasteiger partial charge in [0.15, 0.2) is 0 Å². The summed E-state index contributed by atoms with van der Waals surface area (Å²) in [7, 11) is 0. The van der Waals surface area contributed by atoms with E-state index in [4.69, 9.17) is 0 Å². The maximum absolute atomic E-state index is 11.8. The lowest BCUT2D eigenvalue weighted by Gasteiger charge is -2.03. The van der Waals surface area contributed by atoms with Crippen molar-refractivity contribution in [3.8, 4) is 0 Å². The molecular weight excluding hydrogens is 200 g/mol. The van der Waals surface area contributed by atoms with E-state index >= 15 is 0 Å². The number of carbonyl (C=O) groups excluding carboxylic acids is 1. The molecule has 2 aliphatic rings. The summed E-state index contributed by atoms with van der Waals surface area (Å²) < 4.78 is 0. The van der Waals surface area contributed by atoms with E-state index in [0.717, 1.165) is 31.2 Å². The van der Waals surface area contributed by atoms with E-state index in [1.165, 1.54) is 18.5 Å². The SMILES string of the molecule is O=C(NCCc1ccc[nH]1)[C@@H]1C[C@H]1C1CC1. The Hall–Kier alpha value is -1.25. The van der Waals surface area contributed by atoms with Crippen molar-refractivity contribution in [1.29, 1.82) is 0 Å². The van der Waals surface area contributed by atoms with Gasteiger partial charge in [-0.3, -0.25) is 4.79 Å². The second-order valence-corrected chi connectivity index (χ2v) is 5.08. The van der Waals surface area contributed by atoms with Crippen molar-refractivity contribution in [2.45, 2.75) is 25.7 Å². The maximum atomic E-state index is 11.8. The van der Waals surface area contributed by atoms with Crippen LogP contribution in [-0.4, -0.2) is 17.4 Å². The number of aromatic amines is 1. The Morgan fingerprint density at radius 1 is 1.50 bits per heavy atom. The molecular formula is C13H18N2O. The molecule has 2 N–H and O–H groups in total. The minimum absolute atomic E-state index is 0.281. The smallest absolute Gasteiger partial charge is 0.223 e. The zero-order valence-electron chi connectivity index (χ0n) is 9.41. The van der Waals surface area contributed by atoms with Crippen molar-refractivity contribution in [2.75, 3.05) is 6.54 Å². The molecule has 3 rings (SSSR count). The predicted molar refractivity (Wildman–Crippen MR) is 61.8 cm³/mol. The van der Waals surface area contributed by atoms with Gasteiger partial charge in [-0.1, -0.05) is 0 Å². The van der Waals surface area contributed by atoms with Crippen molar-refractivity contribution in [3.05, 3.63) is 24.0 Å². The molecule has 2 atom stereocenters. The molecule has 3 heteroatoms. The third-order valence-electron chi connectivity index (χ3n) is 3.76. The van der Waals surface area contributed by atoms with Gasteiger partial charge in [0.25, 0.3) is 0 Å². The molecule has 0 aromatic carbocycles. The van der Waals surface area contributed by atoms with Crippen molar-refractivity contribution < 1.29 is 4.79 Å². The maximum Gasteiger partial charge on any atom is 0.223 e. The number of nitrogens with one attached hydrogen (secondary N) is 2. The van der Waals surface area contributed by atoms with Gasteiger partial charge in [-0.05, 0) is 43.2 Å². The lowest BCUT2D eigenvalue weighted by molar-refractivity contribution is -0.122. The van der Waals surface area contributed by atoms with Gasteiger partial charge >= 0.3 is 0 Å². The Bertz CT molecular complexity index is 367. The fourth-order valence-corrected chi connectivity index (χ4v) is 2.54. The fraction of sp³-hybridized carbons (Fsp3) is 0.615. The average molecular weight is 218 g/mol. The van der Waals surface area contributed by atoms with Crippen LogP contribution in [0.15, 0.2) is 18.3 Å². The molecule has 1 aromatic rings. The van der Waals surface area contributed by atoms with E-state index in [9.17, 15) is 4.79 Å². The first-order chi connectivity index (χ1) is 7.84. The van der Waals surface area contributed by atoms with E-state index in [1.807, 2.05) is 12.3 Å². The number of hydrogen-bond acceptors (Lipinski definition) is 1. The van der Waals surface area contributed by atoms with Crippen LogP contribution >= 0.6 is 0 Å². The molecule has 0 unspecified atom stereocenters. The lowest BCUT2D eigenvalue weighted by Crippen LogP contribution is -2.27. The molecule has 16 heavy (non-hydrogen) atoms. The van der Waals surface area contributed by atoms with Gasteiger partial charge in [-0.25, -0.2) is 0 Å². The number of aromatic nitrogens is 1. The summed E-state index contributed by atoms with van der Waals surface area (Å²) in [6, 6.07) is 4.04. The van der Waals surface area contributed by atoms with Crippen LogP contribution in [-0.2, 0) is 11.2 Å². The zero-order chi connectivity index (χ0) is 11.0. The molecule has 0 spiro atoms. The summed E-state index contributed by atoms with van der Waals surface area (Å²) in [4.78, 5) is 14.9. The molecule has 1 amide bonds. The molecule has 0 aliphatic heterocycles. The van der Waals surface area contributed by atoms with Crippen LogP contribution in [0.3, 0.4) is 0 Å². The van der Waals surface area contributed by atoms with E-state index in [2.05, 4.69) is 16.4 Å². The van der Waals surface area contributed by atoms with Crippen LogP contribution < -0.4 is 5.32 Å². The third kappa shape index (κ3) is 2.13. The summed E-state index contributed by atoms with van der Waals surface area (Å²) in [5.41, 5.74) is 1.19. The van der Waals surface area contributed by atoms with Gasteiger partial charge in [0.1, 0.15) is 0 Å². The summed E-state index contributed by atoms with van der Waals surface area (Å²) in [5.74, 6) is 2.24. The highest BCUT2D eigenvalue weighted by Gasteiger charge is 2.50. The Kier molecular flexibility index (Phi) is 2.46. The fourth-order valence-electron chi connectivity index (χ4n) is 2.54. The Balaban J connectivity index is 1.37. The first-order valence-electron chi connectivity index (χ1n) is 6.24. The Morgan fingerprint density at radius 3 is 3.06 bits per heavy atom. The summed E-state index contributed by atoms with van der Waals surface area (Å²) in [6.07, 6.45) is 6.67. The monoisotopic (exact) mass is 218 g/mol. The van der Waals surface area contributed by atoms with Crippen LogP contribution in [0.5, 0.6) is 0 Å². The van der Waals surface area contributed by atoms with E-state index in [-0.39, 0.29) is 5.91 Å². The molecule has 3 nitrogen and oxygen atoms in total. The first kappa shape index (κ1) is 9.94. The van der Waals surface area contributed by atoms with Gasteiger partial charge < -0.3 is 10.3 Å². The first-order valence-corrected chi connectivity index (χ1v) is 6.24. The van der Waals surface area contributed by atoms with Crippen LogP contribution in [0.2, 0.25) is 0 Å². The standard InChI is InChI=1S/C13H18N2O/c16-13(12-8-11(12)9-3-4-9)15-7-5-10-2-1-6-14-10/h1-2,6,9,11-12,14H,3-5,7-8H2,(H,15,16)/t11-,12+/m0/s1. The minimum atomic E-state index is 0.281. The Labute approximate surface area is 95.6 Å². The molecule has 86 valence electrons. The van der Waals surface area contributed by atoms with Gasteiger partial charge in [-0.15, -0.1) is 0 Å². The van der Waals surface area contributed by atoms with Crippen LogP contribution in [0.1, 0.15) is 25.0 Å². The highest BCUT2D eigenvalue weighted by Crippen LogP contribution is 2.54. The van der Waals surface area contributed by atoms with Gasteiger partial charge in [0.05, 0.1) is 0 Å². The summed E-state index contributed by atoms with van der Waals surface area (Å²) in [6.45, 7) is 0.757. The van der Waals surface area contributed by atoms with E-state index < -0.39 is 0 Å². The molecule has 1 aromatic heterocycles. The summed E-state index contributed by atoms with van der Waals surface area (Å²) >= 11 is 0. The number of carbonyl (C=O) groups is 1. The zero-order valence-corrected chi connectivity index (χ0v) is 9.41. The average Bonchev–Trinajstić information content (AvgIpc) is 3.16. The van der Waals surface area contributed by atoms with Crippen LogP contribution in [0, 0.1) is 17.8 Å². The number of hydrogen-bond donors (Lipinski definition) is 2. The Morgan fingerprint density at radius 2 is 2.38 bits per heavy atom. The molecule has 0 radical (unpaired) electrons. The largest absolute Gasteiger partial charge is 0.365 e. The molecule has 2 saturated carbocycles. The molecule has 2 aliphatic carbocycles. The number of rotatable bonds is 5. The number of H-pyrrole nitrogens is 1. The normalized spacial score (nSPS) is 27.8. The molecule has 2 fully saturated rings. The van der Waals surface area contributed by atoms with Gasteiger partial charge in [0, 0.05) is 30.8 Å². The van der Waals surface area contributed by atoms with Crippen molar-refractivity contribution in [2.24, 2.45) is 17.8 Å². The van der Waals surface area contributed by atoms with Crippen molar-refractivity contribution in [3.63, 3.8) is 0 Å². The molecule has 1 heterocycles. The van der Waals surface area contributed by atoms with Crippen molar-refractivity contribution >= 4 is 5.91 Å². The third-order valence-corrected chi connectivity index (χ3v) is 3.76. The quantitative estimate of drug-likeness (QED) is 0.776.